The van der Waals surface area contributed by atoms with Gasteiger partial charge in [0.05, 0.1) is 5.69 Å². The van der Waals surface area contributed by atoms with Crippen molar-refractivity contribution < 1.29 is 0 Å². The van der Waals surface area contributed by atoms with Crippen LogP contribution in [0.1, 0.15) is 20.8 Å². The van der Waals surface area contributed by atoms with Gasteiger partial charge in [-0.2, -0.15) is 0 Å². The second-order valence-corrected chi connectivity index (χ2v) is 4.59. The van der Waals surface area contributed by atoms with Gasteiger partial charge in [0, 0.05) is 5.54 Å². The van der Waals surface area contributed by atoms with Crippen molar-refractivity contribution in [3.63, 3.8) is 0 Å². The van der Waals surface area contributed by atoms with Crippen molar-refractivity contribution in [2.45, 2.75) is 26.3 Å². The van der Waals surface area contributed by atoms with Crippen molar-refractivity contribution in [3.8, 4) is 0 Å². The predicted octanol–water partition coefficient (Wildman–Crippen LogP) is 3.60. The predicted molar refractivity (Wildman–Crippen MR) is 57.6 cm³/mol. The van der Waals surface area contributed by atoms with Crippen LogP contribution in [0.3, 0.4) is 0 Å². The van der Waals surface area contributed by atoms with E-state index < -0.39 is 0 Å². The Balaban J connectivity index is 2.90. The molecule has 0 aromatic carbocycles. The van der Waals surface area contributed by atoms with Gasteiger partial charge in [-0.15, -0.1) is 0 Å². The number of halogens is 2. The molecule has 0 bridgehead atoms. The van der Waals surface area contributed by atoms with Gasteiger partial charge in [-0.3, -0.25) is 0 Å². The van der Waals surface area contributed by atoms with E-state index in [1.807, 2.05) is 6.07 Å². The molecule has 0 unspecified atom stereocenters. The van der Waals surface area contributed by atoms with E-state index in [0.717, 1.165) is 5.69 Å². The number of aromatic nitrogens is 1. The molecule has 0 aliphatic heterocycles. The summed E-state index contributed by atoms with van der Waals surface area (Å²) < 4.78 is 0. The third-order valence-corrected chi connectivity index (χ3v) is 1.82. The molecule has 1 heterocycles. The molecule has 0 saturated carbocycles. The van der Waals surface area contributed by atoms with E-state index in [2.05, 4.69) is 31.1 Å². The average molecular weight is 219 g/mol. The minimum atomic E-state index is -0.0286. The molecule has 0 fully saturated rings. The summed E-state index contributed by atoms with van der Waals surface area (Å²) in [5, 5.41) is 4.04. The SMILES string of the molecule is CC(C)(C)Nc1ccc(Cl)nc1Cl. The molecule has 2 nitrogen and oxygen atoms in total. The highest BCUT2D eigenvalue weighted by Crippen LogP contribution is 2.24. The summed E-state index contributed by atoms with van der Waals surface area (Å²) in [6.45, 7) is 6.16. The summed E-state index contributed by atoms with van der Waals surface area (Å²) in [4.78, 5) is 3.93. The normalized spacial score (nSPS) is 11.5. The molecular formula is C9H12Cl2N2. The maximum Gasteiger partial charge on any atom is 0.153 e. The van der Waals surface area contributed by atoms with Gasteiger partial charge in [0.2, 0.25) is 0 Å². The summed E-state index contributed by atoms with van der Waals surface area (Å²) >= 11 is 11.5. The smallest absolute Gasteiger partial charge is 0.153 e. The zero-order chi connectivity index (χ0) is 10.1. The van der Waals surface area contributed by atoms with Gasteiger partial charge in [0.25, 0.3) is 0 Å². The highest BCUT2D eigenvalue weighted by Gasteiger charge is 2.11. The molecule has 0 aliphatic carbocycles. The summed E-state index contributed by atoms with van der Waals surface area (Å²) in [5.74, 6) is 0. The largest absolute Gasteiger partial charge is 0.378 e. The van der Waals surface area contributed by atoms with Crippen LogP contribution in [0.5, 0.6) is 0 Å². The molecule has 0 saturated heterocycles. The summed E-state index contributed by atoms with van der Waals surface area (Å²) in [5.41, 5.74) is 0.776. The Morgan fingerprint density at radius 1 is 1.23 bits per heavy atom. The van der Waals surface area contributed by atoms with Gasteiger partial charge in [-0.05, 0) is 32.9 Å². The van der Waals surface area contributed by atoms with Crippen molar-refractivity contribution in [1.82, 2.24) is 4.98 Å². The number of anilines is 1. The second-order valence-electron chi connectivity index (χ2n) is 3.85. The number of nitrogens with one attached hydrogen (secondary N) is 1. The zero-order valence-corrected chi connectivity index (χ0v) is 9.37. The Bertz CT molecular complexity index is 305. The molecule has 72 valence electrons. The molecule has 0 spiro atoms. The molecule has 1 rings (SSSR count). The van der Waals surface area contributed by atoms with Gasteiger partial charge in [0.15, 0.2) is 5.15 Å². The number of hydrogen-bond acceptors (Lipinski definition) is 2. The fraction of sp³-hybridized carbons (Fsp3) is 0.444. The van der Waals surface area contributed by atoms with Crippen LogP contribution >= 0.6 is 23.2 Å². The molecule has 0 amide bonds. The van der Waals surface area contributed by atoms with Crippen LogP contribution in [0.4, 0.5) is 5.69 Å². The third-order valence-electron chi connectivity index (χ3n) is 1.32. The van der Waals surface area contributed by atoms with E-state index in [0.29, 0.717) is 10.3 Å². The monoisotopic (exact) mass is 218 g/mol. The molecule has 1 N–H and O–H groups in total. The summed E-state index contributed by atoms with van der Waals surface area (Å²) in [7, 11) is 0. The first kappa shape index (κ1) is 10.6. The fourth-order valence-electron chi connectivity index (χ4n) is 0.909. The van der Waals surface area contributed by atoms with Gasteiger partial charge in [-0.25, -0.2) is 4.98 Å². The maximum absolute atomic E-state index is 5.88. The third kappa shape index (κ3) is 3.41. The Kier molecular flexibility index (Phi) is 3.04. The fourth-order valence-corrected chi connectivity index (χ4v) is 1.30. The molecule has 1 aromatic heterocycles. The lowest BCUT2D eigenvalue weighted by Crippen LogP contribution is -2.26. The Morgan fingerprint density at radius 3 is 2.31 bits per heavy atom. The van der Waals surface area contributed by atoms with Crippen LogP contribution in [0.2, 0.25) is 10.3 Å². The van der Waals surface area contributed by atoms with Crippen molar-refractivity contribution in [1.29, 1.82) is 0 Å². The molecule has 13 heavy (non-hydrogen) atoms. The Labute approximate surface area is 88.3 Å². The topological polar surface area (TPSA) is 24.9 Å². The van der Waals surface area contributed by atoms with Crippen molar-refractivity contribution in [2.24, 2.45) is 0 Å². The second kappa shape index (κ2) is 3.72. The van der Waals surface area contributed by atoms with Gasteiger partial charge < -0.3 is 5.32 Å². The molecular weight excluding hydrogens is 207 g/mol. The van der Waals surface area contributed by atoms with E-state index in [-0.39, 0.29) is 5.54 Å². The lowest BCUT2D eigenvalue weighted by Gasteiger charge is -2.22. The molecule has 0 atom stereocenters. The zero-order valence-electron chi connectivity index (χ0n) is 7.86. The maximum atomic E-state index is 5.88. The van der Waals surface area contributed by atoms with Crippen molar-refractivity contribution in [3.05, 3.63) is 22.4 Å². The number of hydrogen-bond donors (Lipinski definition) is 1. The minimum Gasteiger partial charge on any atom is -0.378 e. The van der Waals surface area contributed by atoms with Crippen LogP contribution in [0.15, 0.2) is 12.1 Å². The van der Waals surface area contributed by atoms with Crippen molar-refractivity contribution >= 4 is 28.9 Å². The van der Waals surface area contributed by atoms with E-state index in [4.69, 9.17) is 23.2 Å². The van der Waals surface area contributed by atoms with Crippen LogP contribution in [-0.2, 0) is 0 Å². The first-order chi connectivity index (χ1) is 5.88. The van der Waals surface area contributed by atoms with Gasteiger partial charge in [0.1, 0.15) is 5.15 Å². The highest BCUT2D eigenvalue weighted by molar-refractivity contribution is 6.34. The number of rotatable bonds is 1. The molecule has 4 heteroatoms. The molecule has 1 aromatic rings. The van der Waals surface area contributed by atoms with E-state index >= 15 is 0 Å². The highest BCUT2D eigenvalue weighted by atomic mass is 35.5. The first-order valence-electron chi connectivity index (χ1n) is 3.99. The van der Waals surface area contributed by atoms with Crippen LogP contribution in [-0.4, -0.2) is 10.5 Å². The lowest BCUT2D eigenvalue weighted by molar-refractivity contribution is 0.633. The Hall–Kier alpha value is -0.470. The van der Waals surface area contributed by atoms with E-state index in [1.54, 1.807) is 6.07 Å². The van der Waals surface area contributed by atoms with E-state index in [1.165, 1.54) is 0 Å². The summed E-state index contributed by atoms with van der Waals surface area (Å²) in [6.07, 6.45) is 0. The first-order valence-corrected chi connectivity index (χ1v) is 4.74. The van der Waals surface area contributed by atoms with Gasteiger partial charge >= 0.3 is 0 Å². The average Bonchev–Trinajstić information content (AvgIpc) is 1.93. The minimum absolute atomic E-state index is 0.0286. The van der Waals surface area contributed by atoms with Crippen molar-refractivity contribution in [2.75, 3.05) is 5.32 Å². The Morgan fingerprint density at radius 2 is 1.85 bits per heavy atom. The lowest BCUT2D eigenvalue weighted by atomic mass is 10.1. The van der Waals surface area contributed by atoms with Crippen LogP contribution < -0.4 is 5.32 Å². The number of pyridine rings is 1. The summed E-state index contributed by atoms with van der Waals surface area (Å²) in [6, 6.07) is 3.53. The standard InChI is InChI=1S/C9H12Cl2N2/c1-9(2,3)13-6-4-5-7(10)12-8(6)11/h4-5,13H,1-3H3. The molecule has 0 radical (unpaired) electrons. The van der Waals surface area contributed by atoms with Gasteiger partial charge in [-0.1, -0.05) is 23.2 Å². The van der Waals surface area contributed by atoms with Crippen LogP contribution in [0, 0.1) is 0 Å². The molecule has 0 aliphatic rings. The van der Waals surface area contributed by atoms with E-state index in [9.17, 15) is 0 Å². The van der Waals surface area contributed by atoms with Crippen LogP contribution in [0.25, 0.3) is 0 Å². The number of nitrogens with zero attached hydrogens (tertiary/aromatic N) is 1. The quantitative estimate of drug-likeness (QED) is 0.730.